The van der Waals surface area contributed by atoms with Crippen molar-refractivity contribution in [2.45, 2.75) is 77.9 Å². The summed E-state index contributed by atoms with van der Waals surface area (Å²) in [6, 6.07) is -0.486. The molecule has 2 rings (SSSR count). The molecular formula is C18H30N4O4. The number of amides is 2. The molecular weight excluding hydrogens is 336 g/mol. The van der Waals surface area contributed by atoms with Crippen LogP contribution in [-0.4, -0.2) is 51.8 Å². The summed E-state index contributed by atoms with van der Waals surface area (Å²) < 4.78 is 10.6. The van der Waals surface area contributed by atoms with Gasteiger partial charge in [-0.3, -0.25) is 9.69 Å². The molecule has 0 aromatic carbocycles. The molecule has 0 bridgehead atoms. The van der Waals surface area contributed by atoms with Crippen molar-refractivity contribution in [3.05, 3.63) is 11.7 Å². The number of nitrogens with zero attached hydrogens (tertiary/aromatic N) is 3. The van der Waals surface area contributed by atoms with Crippen LogP contribution in [0.4, 0.5) is 4.79 Å². The maximum Gasteiger partial charge on any atom is 0.410 e. The van der Waals surface area contributed by atoms with Crippen molar-refractivity contribution in [2.24, 2.45) is 0 Å². The summed E-state index contributed by atoms with van der Waals surface area (Å²) in [7, 11) is 0. The first kappa shape index (κ1) is 20.2. The van der Waals surface area contributed by atoms with Crippen LogP contribution in [0.15, 0.2) is 4.52 Å². The molecule has 1 fully saturated rings. The molecule has 0 radical (unpaired) electrons. The van der Waals surface area contributed by atoms with Gasteiger partial charge in [-0.05, 0) is 33.6 Å². The molecule has 1 aliphatic rings. The first-order chi connectivity index (χ1) is 12.0. The zero-order chi connectivity index (χ0) is 19.5. The molecule has 1 aromatic heterocycles. The third kappa shape index (κ3) is 5.44. The third-order valence-corrected chi connectivity index (χ3v) is 3.94. The minimum Gasteiger partial charge on any atom is -0.444 e. The van der Waals surface area contributed by atoms with Gasteiger partial charge in [0.15, 0.2) is 5.82 Å². The highest BCUT2D eigenvalue weighted by Crippen LogP contribution is 2.21. The van der Waals surface area contributed by atoms with Crippen LogP contribution in [0, 0.1) is 0 Å². The summed E-state index contributed by atoms with van der Waals surface area (Å²) in [5, 5.41) is 6.80. The fourth-order valence-corrected chi connectivity index (χ4v) is 2.65. The average molecular weight is 366 g/mol. The summed E-state index contributed by atoms with van der Waals surface area (Å²) in [6.07, 6.45) is 1.46. The Balaban J connectivity index is 1.85. The number of nitrogens with one attached hydrogen (secondary N) is 1. The van der Waals surface area contributed by atoms with E-state index in [0.29, 0.717) is 37.6 Å². The number of carbonyl (C=O) groups excluding carboxylic acids is 2. The highest BCUT2D eigenvalue weighted by molar-refractivity contribution is 5.86. The van der Waals surface area contributed by atoms with Gasteiger partial charge in [0.2, 0.25) is 11.8 Å². The van der Waals surface area contributed by atoms with Gasteiger partial charge in [0.1, 0.15) is 11.6 Å². The quantitative estimate of drug-likeness (QED) is 0.879. The monoisotopic (exact) mass is 366 g/mol. The molecule has 1 atom stereocenters. The number of ether oxygens (including phenoxy) is 1. The van der Waals surface area contributed by atoms with Crippen LogP contribution in [0.3, 0.4) is 0 Å². The molecule has 1 unspecified atom stereocenters. The Morgan fingerprint density at radius 3 is 2.54 bits per heavy atom. The van der Waals surface area contributed by atoms with Crippen LogP contribution in [0.5, 0.6) is 0 Å². The van der Waals surface area contributed by atoms with E-state index < -0.39 is 17.7 Å². The van der Waals surface area contributed by atoms with E-state index >= 15 is 0 Å². The number of likely N-dealkylation sites (tertiary alicyclic amines) is 1. The lowest BCUT2D eigenvalue weighted by atomic mass is 9.97. The second kappa shape index (κ2) is 7.63. The Bertz CT molecular complexity index is 642. The third-order valence-electron chi connectivity index (χ3n) is 3.94. The minimum atomic E-state index is -0.579. The number of aromatic nitrogens is 2. The smallest absolute Gasteiger partial charge is 0.410 e. The first-order valence-corrected chi connectivity index (χ1v) is 9.08. The number of hydrogen-bond acceptors (Lipinski definition) is 6. The van der Waals surface area contributed by atoms with E-state index in [-0.39, 0.29) is 11.3 Å². The van der Waals surface area contributed by atoms with E-state index in [1.54, 1.807) is 0 Å². The van der Waals surface area contributed by atoms with Crippen molar-refractivity contribution in [2.75, 3.05) is 13.1 Å². The molecule has 2 heterocycles. The normalized spacial score (nSPS) is 18.1. The molecule has 1 aliphatic heterocycles. The Labute approximate surface area is 154 Å². The zero-order valence-electron chi connectivity index (χ0n) is 16.6. The number of rotatable bonds is 4. The molecule has 0 saturated carbocycles. The molecule has 0 aliphatic carbocycles. The highest BCUT2D eigenvalue weighted by atomic mass is 16.6. The second-order valence-electron chi connectivity index (χ2n) is 8.64. The lowest BCUT2D eigenvalue weighted by Crippen LogP contribution is -2.47. The molecule has 0 spiro atoms. The van der Waals surface area contributed by atoms with E-state index in [9.17, 15) is 9.59 Å². The van der Waals surface area contributed by atoms with Crippen LogP contribution < -0.4 is 5.32 Å². The molecule has 8 heteroatoms. The van der Waals surface area contributed by atoms with Gasteiger partial charge in [0, 0.05) is 24.9 Å². The van der Waals surface area contributed by atoms with Gasteiger partial charge in [-0.15, -0.1) is 0 Å². The second-order valence-corrected chi connectivity index (χ2v) is 8.64. The molecule has 8 nitrogen and oxygen atoms in total. The Morgan fingerprint density at radius 1 is 1.27 bits per heavy atom. The molecule has 1 N–H and O–H groups in total. The van der Waals surface area contributed by atoms with E-state index in [2.05, 4.69) is 15.5 Å². The zero-order valence-corrected chi connectivity index (χ0v) is 16.6. The predicted octanol–water partition coefficient (Wildman–Crippen LogP) is 2.43. The summed E-state index contributed by atoms with van der Waals surface area (Å²) >= 11 is 0. The van der Waals surface area contributed by atoms with Gasteiger partial charge in [0.25, 0.3) is 0 Å². The predicted molar refractivity (Wildman–Crippen MR) is 95.7 cm³/mol. The summed E-state index contributed by atoms with van der Waals surface area (Å²) in [4.78, 5) is 30.6. The number of carbonyl (C=O) groups is 2. The standard InChI is InChI=1S/C18H30N4O4/c1-17(2,3)15-20-13(21-26-15)9-10-19-14(23)12-8-7-11-22(12)16(24)25-18(4,5)6/h12H,7-11H2,1-6H3,(H,19,23). The van der Waals surface area contributed by atoms with Gasteiger partial charge in [-0.2, -0.15) is 4.98 Å². The van der Waals surface area contributed by atoms with E-state index in [4.69, 9.17) is 9.26 Å². The Morgan fingerprint density at radius 2 is 1.96 bits per heavy atom. The van der Waals surface area contributed by atoms with Gasteiger partial charge in [-0.25, -0.2) is 4.79 Å². The van der Waals surface area contributed by atoms with Crippen LogP contribution in [0.25, 0.3) is 0 Å². The van der Waals surface area contributed by atoms with Crippen LogP contribution in [-0.2, 0) is 21.4 Å². The summed E-state index contributed by atoms with van der Waals surface area (Å²) in [6.45, 7) is 12.4. The van der Waals surface area contributed by atoms with Crippen molar-refractivity contribution < 1.29 is 18.8 Å². The largest absolute Gasteiger partial charge is 0.444 e. The van der Waals surface area contributed by atoms with Crippen molar-refractivity contribution in [3.8, 4) is 0 Å². The molecule has 1 aromatic rings. The van der Waals surface area contributed by atoms with Crippen molar-refractivity contribution in [1.29, 1.82) is 0 Å². The minimum absolute atomic E-state index is 0.173. The van der Waals surface area contributed by atoms with Gasteiger partial charge < -0.3 is 14.6 Å². The van der Waals surface area contributed by atoms with Gasteiger partial charge in [-0.1, -0.05) is 25.9 Å². The number of hydrogen-bond donors (Lipinski definition) is 1. The average Bonchev–Trinajstić information content (AvgIpc) is 3.14. The maximum absolute atomic E-state index is 12.5. The maximum atomic E-state index is 12.5. The Hall–Kier alpha value is -2.12. The van der Waals surface area contributed by atoms with Crippen LogP contribution in [0.1, 0.15) is 66.1 Å². The summed E-state index contributed by atoms with van der Waals surface area (Å²) in [5.41, 5.74) is -0.781. The molecule has 146 valence electrons. The van der Waals surface area contributed by atoms with Crippen molar-refractivity contribution in [3.63, 3.8) is 0 Å². The lowest BCUT2D eigenvalue weighted by Gasteiger charge is -2.28. The van der Waals surface area contributed by atoms with Gasteiger partial charge >= 0.3 is 6.09 Å². The lowest BCUT2D eigenvalue weighted by molar-refractivity contribution is -0.125. The Kier molecular flexibility index (Phi) is 5.93. The van der Waals surface area contributed by atoms with E-state index in [1.807, 2.05) is 41.5 Å². The summed E-state index contributed by atoms with van der Waals surface area (Å²) in [5.74, 6) is 0.962. The fraction of sp³-hybridized carbons (Fsp3) is 0.778. The molecule has 1 saturated heterocycles. The highest BCUT2D eigenvalue weighted by Gasteiger charge is 2.36. The topological polar surface area (TPSA) is 97.6 Å². The SMILES string of the molecule is CC(C)(C)OC(=O)N1CCCC1C(=O)NCCc1noc(C(C)(C)C)n1. The van der Waals surface area contributed by atoms with Crippen molar-refractivity contribution >= 4 is 12.0 Å². The fourth-order valence-electron chi connectivity index (χ4n) is 2.65. The molecule has 2 amide bonds. The van der Waals surface area contributed by atoms with Gasteiger partial charge in [0.05, 0.1) is 0 Å². The van der Waals surface area contributed by atoms with Crippen LogP contribution >= 0.6 is 0 Å². The first-order valence-electron chi connectivity index (χ1n) is 9.08. The van der Waals surface area contributed by atoms with Crippen LogP contribution in [0.2, 0.25) is 0 Å². The van der Waals surface area contributed by atoms with E-state index in [1.165, 1.54) is 4.90 Å². The van der Waals surface area contributed by atoms with E-state index in [0.717, 1.165) is 6.42 Å². The molecule has 26 heavy (non-hydrogen) atoms. The van der Waals surface area contributed by atoms with Crippen molar-refractivity contribution in [1.82, 2.24) is 20.4 Å².